The van der Waals surface area contributed by atoms with Gasteiger partial charge in [-0.15, -0.1) is 23.4 Å². The molecule has 0 amide bonds. The molecular formula is C36H44N6O8. The van der Waals surface area contributed by atoms with Crippen LogP contribution in [0.4, 0.5) is 0 Å². The number of hydrogen-bond acceptors (Lipinski definition) is 12. The summed E-state index contributed by atoms with van der Waals surface area (Å²) in [5.41, 5.74) is 2.02. The monoisotopic (exact) mass is 688 g/mol. The highest BCUT2D eigenvalue weighted by atomic mass is 16.6. The van der Waals surface area contributed by atoms with Crippen molar-refractivity contribution in [3.63, 3.8) is 0 Å². The van der Waals surface area contributed by atoms with Gasteiger partial charge in [0.05, 0.1) is 64.1 Å². The fraction of sp³-hybridized carbons (Fsp3) is 0.389. The van der Waals surface area contributed by atoms with Gasteiger partial charge < -0.3 is 28.4 Å². The molecule has 0 N–H and O–H groups in total. The Morgan fingerprint density at radius 2 is 1.06 bits per heavy atom. The third-order valence-electron chi connectivity index (χ3n) is 7.31. The van der Waals surface area contributed by atoms with Crippen LogP contribution in [0.2, 0.25) is 0 Å². The van der Waals surface area contributed by atoms with Gasteiger partial charge in [0.2, 0.25) is 0 Å². The first kappa shape index (κ1) is 37.5. The number of benzene rings is 2. The van der Waals surface area contributed by atoms with Crippen molar-refractivity contribution in [3.8, 4) is 11.5 Å². The minimum atomic E-state index is -0.524. The molecule has 0 fully saturated rings. The summed E-state index contributed by atoms with van der Waals surface area (Å²) < 4.78 is 36.9. The van der Waals surface area contributed by atoms with Crippen LogP contribution in [-0.4, -0.2) is 94.8 Å². The average Bonchev–Trinajstić information content (AvgIpc) is 3.83. The third-order valence-corrected chi connectivity index (χ3v) is 7.31. The van der Waals surface area contributed by atoms with Gasteiger partial charge in [0.1, 0.15) is 24.7 Å². The fourth-order valence-corrected chi connectivity index (χ4v) is 5.04. The molecule has 4 aromatic rings. The number of esters is 2. The lowest BCUT2D eigenvalue weighted by Gasteiger charge is -2.20. The average molecular weight is 689 g/mol. The summed E-state index contributed by atoms with van der Waals surface area (Å²) in [5.74, 6) is 0.292. The van der Waals surface area contributed by atoms with Crippen molar-refractivity contribution in [2.75, 3.05) is 52.9 Å². The molecule has 0 aliphatic carbocycles. The first-order valence-electron chi connectivity index (χ1n) is 16.5. The van der Waals surface area contributed by atoms with Gasteiger partial charge in [0, 0.05) is 11.1 Å². The summed E-state index contributed by atoms with van der Waals surface area (Å²) in [6, 6.07) is 14.7. The minimum absolute atomic E-state index is 0.138. The van der Waals surface area contributed by atoms with Crippen molar-refractivity contribution in [2.45, 2.75) is 38.8 Å². The van der Waals surface area contributed by atoms with Gasteiger partial charge in [-0.25, -0.2) is 19.0 Å². The number of para-hydroxylation sites is 2. The number of aromatic nitrogens is 6. The second kappa shape index (κ2) is 20.2. The number of carbonyl (C=O) groups is 2. The summed E-state index contributed by atoms with van der Waals surface area (Å²) in [6.07, 6.45) is 7.79. The number of nitrogens with zero attached hydrogens (tertiary/aromatic N) is 6. The van der Waals surface area contributed by atoms with Crippen molar-refractivity contribution in [2.24, 2.45) is 0 Å². The summed E-state index contributed by atoms with van der Waals surface area (Å²) >= 11 is 0. The van der Waals surface area contributed by atoms with Crippen LogP contribution in [0.5, 0.6) is 11.5 Å². The van der Waals surface area contributed by atoms with Gasteiger partial charge in [-0.3, -0.25) is 0 Å². The van der Waals surface area contributed by atoms with Crippen molar-refractivity contribution < 1.29 is 38.0 Å². The predicted molar refractivity (Wildman–Crippen MR) is 183 cm³/mol. The molecule has 2 heterocycles. The topological polar surface area (TPSA) is 151 Å². The largest absolute Gasteiger partial charge is 0.491 e. The van der Waals surface area contributed by atoms with E-state index in [4.69, 9.17) is 28.4 Å². The smallest absolute Gasteiger partial charge is 0.360 e. The van der Waals surface area contributed by atoms with Gasteiger partial charge in [-0.2, -0.15) is 0 Å². The van der Waals surface area contributed by atoms with Crippen LogP contribution in [0, 0.1) is 0 Å². The van der Waals surface area contributed by atoms with Crippen LogP contribution in [0.15, 0.2) is 86.2 Å². The van der Waals surface area contributed by atoms with Crippen molar-refractivity contribution in [1.82, 2.24) is 30.0 Å². The lowest BCUT2D eigenvalue weighted by atomic mass is 10.0. The number of hydrogen-bond donors (Lipinski definition) is 0. The maximum Gasteiger partial charge on any atom is 0.360 e. The van der Waals surface area contributed by atoms with E-state index < -0.39 is 11.9 Å². The molecule has 0 saturated carbocycles. The molecule has 4 rings (SSSR count). The number of ether oxygens (including phenoxy) is 6. The Bertz CT molecular complexity index is 1550. The van der Waals surface area contributed by atoms with E-state index in [0.717, 1.165) is 11.1 Å². The van der Waals surface area contributed by atoms with Crippen LogP contribution < -0.4 is 9.47 Å². The molecule has 2 atom stereocenters. The molecule has 0 saturated heterocycles. The van der Waals surface area contributed by atoms with Crippen molar-refractivity contribution in [1.29, 1.82) is 0 Å². The molecule has 50 heavy (non-hydrogen) atoms. The van der Waals surface area contributed by atoms with Crippen molar-refractivity contribution >= 4 is 11.9 Å². The molecule has 266 valence electrons. The molecule has 14 heteroatoms. The Hall–Kier alpha value is -5.34. The lowest BCUT2D eigenvalue weighted by molar-refractivity contribution is 0.0271. The Kier molecular flexibility index (Phi) is 15.2. The maximum absolute atomic E-state index is 12.1. The Labute approximate surface area is 291 Å². The normalized spacial score (nSPS) is 12.1. The van der Waals surface area contributed by atoms with Crippen molar-refractivity contribution in [3.05, 3.63) is 109 Å². The van der Waals surface area contributed by atoms with E-state index in [1.165, 1.54) is 0 Å². The van der Waals surface area contributed by atoms with E-state index in [-0.39, 0.29) is 36.7 Å². The van der Waals surface area contributed by atoms with Gasteiger partial charge in [-0.05, 0) is 38.8 Å². The quantitative estimate of drug-likeness (QED) is 0.0583. The van der Waals surface area contributed by atoms with E-state index in [1.807, 2.05) is 48.5 Å². The highest BCUT2D eigenvalue weighted by molar-refractivity contribution is 5.87. The van der Waals surface area contributed by atoms with E-state index >= 15 is 0 Å². The molecule has 0 bridgehead atoms. The Morgan fingerprint density at radius 1 is 0.660 bits per heavy atom. The van der Waals surface area contributed by atoms with Crippen LogP contribution >= 0.6 is 0 Å². The highest BCUT2D eigenvalue weighted by Crippen LogP contribution is 2.31. The molecule has 2 aromatic heterocycles. The molecular weight excluding hydrogens is 644 g/mol. The maximum atomic E-state index is 12.1. The van der Waals surface area contributed by atoms with Gasteiger partial charge >= 0.3 is 11.9 Å². The van der Waals surface area contributed by atoms with Crippen LogP contribution in [0.1, 0.15) is 70.9 Å². The standard InChI is InChI=1S/C36H44N6O8/c1-5-13-31(41-25-29(37-39-41)35(43)47-7-3)27-15-9-11-17-33(27)49-23-21-45-19-20-46-22-24-50-34-18-12-10-16-28(34)32(14-6-2)42-26-30(38-40-42)36(44)48-8-4/h5-6,9-12,15-18,25-26,31-32H,1-2,7-8,13-14,19-24H2,3-4H3. The first-order valence-corrected chi connectivity index (χ1v) is 16.5. The highest BCUT2D eigenvalue weighted by Gasteiger charge is 2.22. The second-order valence-electron chi connectivity index (χ2n) is 10.7. The zero-order valence-corrected chi connectivity index (χ0v) is 28.5. The molecule has 2 unspecified atom stereocenters. The summed E-state index contributed by atoms with van der Waals surface area (Å²) in [6.45, 7) is 13.8. The predicted octanol–water partition coefficient (Wildman–Crippen LogP) is 5.05. The lowest BCUT2D eigenvalue weighted by Crippen LogP contribution is -2.16. The zero-order chi connectivity index (χ0) is 35.6. The van der Waals surface area contributed by atoms with Gasteiger partial charge in [0.25, 0.3) is 0 Å². The second-order valence-corrected chi connectivity index (χ2v) is 10.7. The van der Waals surface area contributed by atoms with Crippen LogP contribution in [0.25, 0.3) is 0 Å². The molecule has 0 spiro atoms. The van der Waals surface area contributed by atoms with E-state index in [0.29, 0.717) is 64.0 Å². The molecule has 14 nitrogen and oxygen atoms in total. The molecule has 0 aliphatic heterocycles. The zero-order valence-electron chi connectivity index (χ0n) is 28.5. The SMILES string of the molecule is C=CCC(c1ccccc1OCCOCCOCCOc1ccccc1C(CC=C)n1cc(C(=O)OCC)nn1)n1cc(C(=O)OCC)nn1. The molecule has 0 radical (unpaired) electrons. The van der Waals surface area contributed by atoms with E-state index in [2.05, 4.69) is 33.8 Å². The van der Waals surface area contributed by atoms with Crippen LogP contribution in [-0.2, 0) is 18.9 Å². The Balaban J connectivity index is 1.20. The minimum Gasteiger partial charge on any atom is -0.491 e. The van der Waals surface area contributed by atoms with Gasteiger partial charge in [0.15, 0.2) is 11.4 Å². The van der Waals surface area contributed by atoms with E-state index in [1.54, 1.807) is 47.8 Å². The molecule has 0 aliphatic rings. The Morgan fingerprint density at radius 3 is 1.46 bits per heavy atom. The van der Waals surface area contributed by atoms with E-state index in [9.17, 15) is 9.59 Å². The summed E-state index contributed by atoms with van der Waals surface area (Å²) in [5, 5.41) is 16.3. The summed E-state index contributed by atoms with van der Waals surface area (Å²) in [4.78, 5) is 24.2. The number of rotatable bonds is 23. The molecule has 2 aromatic carbocycles. The fourth-order valence-electron chi connectivity index (χ4n) is 5.04. The number of carbonyl (C=O) groups excluding carboxylic acids is 2. The number of allylic oxidation sites excluding steroid dienone is 2. The summed E-state index contributed by atoms with van der Waals surface area (Å²) in [7, 11) is 0. The third kappa shape index (κ3) is 10.6. The van der Waals surface area contributed by atoms with Gasteiger partial charge in [-0.1, -0.05) is 59.0 Å². The first-order chi connectivity index (χ1) is 24.5. The van der Waals surface area contributed by atoms with Crippen LogP contribution in [0.3, 0.4) is 0 Å².